The number of fused-ring (bicyclic) bond motifs is 2. The fraction of sp³-hybridized carbons (Fsp3) is 0.261. The van der Waals surface area contributed by atoms with Gasteiger partial charge in [0, 0.05) is 23.0 Å². The number of nitrogens with zero attached hydrogens (tertiary/aromatic N) is 1. The standard InChI is InChI=1S/C23H23N3O/c27-23-19(13-17-6-2-3-7-20(17)25-23)22-14-18-12-16(8-9-21(18)24-22)15-26-10-4-1-5-11-26/h2-3,6-9,12-14,24H,1,4-5,10-11,15H2,(H,25,27). The minimum Gasteiger partial charge on any atom is -0.354 e. The molecule has 2 aromatic carbocycles. The summed E-state index contributed by atoms with van der Waals surface area (Å²) in [5.41, 5.74) is 4.76. The lowest BCUT2D eigenvalue weighted by Gasteiger charge is -2.26. The van der Waals surface area contributed by atoms with Gasteiger partial charge < -0.3 is 9.97 Å². The molecule has 4 nitrogen and oxygen atoms in total. The molecule has 0 atom stereocenters. The number of aromatic nitrogens is 2. The van der Waals surface area contributed by atoms with Gasteiger partial charge in [-0.3, -0.25) is 9.69 Å². The zero-order valence-corrected chi connectivity index (χ0v) is 15.3. The van der Waals surface area contributed by atoms with E-state index < -0.39 is 0 Å². The van der Waals surface area contributed by atoms with Gasteiger partial charge in [0.1, 0.15) is 0 Å². The molecule has 2 N–H and O–H groups in total. The highest BCUT2D eigenvalue weighted by atomic mass is 16.1. The quantitative estimate of drug-likeness (QED) is 0.560. The molecule has 3 heterocycles. The van der Waals surface area contributed by atoms with Gasteiger partial charge >= 0.3 is 0 Å². The molecule has 1 saturated heterocycles. The van der Waals surface area contributed by atoms with Crippen molar-refractivity contribution < 1.29 is 0 Å². The molecule has 0 unspecified atom stereocenters. The number of aromatic amines is 2. The minimum atomic E-state index is -0.0613. The van der Waals surface area contributed by atoms with E-state index in [-0.39, 0.29) is 5.56 Å². The summed E-state index contributed by atoms with van der Waals surface area (Å²) in [7, 11) is 0. The van der Waals surface area contributed by atoms with Crippen LogP contribution in [0.5, 0.6) is 0 Å². The molecule has 136 valence electrons. The Morgan fingerprint density at radius 2 is 1.63 bits per heavy atom. The van der Waals surface area contributed by atoms with Crippen LogP contribution >= 0.6 is 0 Å². The average Bonchev–Trinajstić information content (AvgIpc) is 3.11. The molecule has 0 radical (unpaired) electrons. The maximum Gasteiger partial charge on any atom is 0.257 e. The number of H-pyrrole nitrogens is 2. The molecule has 0 amide bonds. The van der Waals surface area contributed by atoms with Gasteiger partial charge in [-0.2, -0.15) is 0 Å². The van der Waals surface area contributed by atoms with Crippen LogP contribution in [0, 0.1) is 0 Å². The molecule has 0 bridgehead atoms. The molecule has 2 aromatic heterocycles. The van der Waals surface area contributed by atoms with E-state index in [0.717, 1.165) is 34.0 Å². The third-order valence-electron chi connectivity index (χ3n) is 5.58. The molecule has 4 aromatic rings. The zero-order chi connectivity index (χ0) is 18.2. The van der Waals surface area contributed by atoms with Gasteiger partial charge in [0.05, 0.1) is 11.3 Å². The Balaban J connectivity index is 1.51. The van der Waals surface area contributed by atoms with Crippen molar-refractivity contribution in [2.75, 3.05) is 13.1 Å². The van der Waals surface area contributed by atoms with E-state index in [2.05, 4.69) is 39.1 Å². The van der Waals surface area contributed by atoms with Gasteiger partial charge in [-0.05, 0) is 67.2 Å². The molecular weight excluding hydrogens is 334 g/mol. The van der Waals surface area contributed by atoms with E-state index in [1.165, 1.54) is 37.9 Å². The zero-order valence-electron chi connectivity index (χ0n) is 15.3. The highest BCUT2D eigenvalue weighted by molar-refractivity contribution is 5.89. The Morgan fingerprint density at radius 3 is 2.52 bits per heavy atom. The van der Waals surface area contributed by atoms with Crippen molar-refractivity contribution in [3.05, 3.63) is 70.5 Å². The lowest BCUT2D eigenvalue weighted by Crippen LogP contribution is -2.28. The molecule has 0 saturated carbocycles. The summed E-state index contributed by atoms with van der Waals surface area (Å²) in [4.78, 5) is 21.5. The lowest BCUT2D eigenvalue weighted by atomic mass is 10.1. The number of nitrogens with one attached hydrogen (secondary N) is 2. The molecular formula is C23H23N3O. The largest absolute Gasteiger partial charge is 0.354 e. The summed E-state index contributed by atoms with van der Waals surface area (Å²) >= 11 is 0. The molecule has 0 spiro atoms. The van der Waals surface area contributed by atoms with Crippen LogP contribution in [0.4, 0.5) is 0 Å². The van der Waals surface area contributed by atoms with Gasteiger partial charge in [0.2, 0.25) is 0 Å². The minimum absolute atomic E-state index is 0.0613. The highest BCUT2D eigenvalue weighted by Gasteiger charge is 2.12. The molecule has 27 heavy (non-hydrogen) atoms. The van der Waals surface area contributed by atoms with E-state index >= 15 is 0 Å². The van der Waals surface area contributed by atoms with Gasteiger partial charge in [0.25, 0.3) is 5.56 Å². The summed E-state index contributed by atoms with van der Waals surface area (Å²) in [6.45, 7) is 3.40. The second-order valence-corrected chi connectivity index (χ2v) is 7.54. The van der Waals surface area contributed by atoms with Crippen LogP contribution in [0.3, 0.4) is 0 Å². The van der Waals surface area contributed by atoms with Gasteiger partial charge in [-0.25, -0.2) is 0 Å². The van der Waals surface area contributed by atoms with E-state index in [1.54, 1.807) is 0 Å². The van der Waals surface area contributed by atoms with Crippen molar-refractivity contribution in [1.29, 1.82) is 0 Å². The van der Waals surface area contributed by atoms with E-state index in [1.807, 2.05) is 30.3 Å². The first kappa shape index (κ1) is 16.3. The third-order valence-corrected chi connectivity index (χ3v) is 5.58. The van der Waals surface area contributed by atoms with Crippen LogP contribution in [-0.4, -0.2) is 28.0 Å². The van der Waals surface area contributed by atoms with Gasteiger partial charge in [-0.1, -0.05) is 30.7 Å². The molecule has 0 aliphatic carbocycles. The third kappa shape index (κ3) is 3.17. The Labute approximate surface area is 157 Å². The predicted octanol–water partition coefficient (Wildman–Crippen LogP) is 4.66. The fourth-order valence-corrected chi connectivity index (χ4v) is 4.15. The second kappa shape index (κ2) is 6.71. The summed E-state index contributed by atoms with van der Waals surface area (Å²) < 4.78 is 0. The van der Waals surface area contributed by atoms with Crippen LogP contribution in [0.15, 0.2) is 59.4 Å². The van der Waals surface area contributed by atoms with Gasteiger partial charge in [0.15, 0.2) is 0 Å². The van der Waals surface area contributed by atoms with Crippen molar-refractivity contribution >= 4 is 21.8 Å². The van der Waals surface area contributed by atoms with Crippen LogP contribution < -0.4 is 5.56 Å². The predicted molar refractivity (Wildman–Crippen MR) is 111 cm³/mol. The number of hydrogen-bond donors (Lipinski definition) is 2. The SMILES string of the molecule is O=c1[nH]c2ccccc2cc1-c1cc2cc(CN3CCCCC3)ccc2[nH]1. The topological polar surface area (TPSA) is 51.9 Å². The number of benzene rings is 2. The maximum atomic E-state index is 12.6. The highest BCUT2D eigenvalue weighted by Crippen LogP contribution is 2.25. The average molecular weight is 357 g/mol. The van der Waals surface area contributed by atoms with E-state index in [0.29, 0.717) is 5.56 Å². The van der Waals surface area contributed by atoms with Crippen LogP contribution in [-0.2, 0) is 6.54 Å². The first-order valence-electron chi connectivity index (χ1n) is 9.73. The molecule has 1 aliphatic heterocycles. The Morgan fingerprint density at radius 1 is 0.815 bits per heavy atom. The molecule has 5 rings (SSSR count). The molecule has 1 fully saturated rings. The van der Waals surface area contributed by atoms with Crippen molar-refractivity contribution in [3.63, 3.8) is 0 Å². The number of rotatable bonds is 3. The molecule has 1 aliphatic rings. The Kier molecular flexibility index (Phi) is 4.06. The smallest absolute Gasteiger partial charge is 0.257 e. The van der Waals surface area contributed by atoms with Crippen molar-refractivity contribution in [1.82, 2.24) is 14.9 Å². The first-order valence-corrected chi connectivity index (χ1v) is 9.73. The van der Waals surface area contributed by atoms with Crippen molar-refractivity contribution in [2.45, 2.75) is 25.8 Å². The lowest BCUT2D eigenvalue weighted by molar-refractivity contribution is 0.221. The summed E-state index contributed by atoms with van der Waals surface area (Å²) in [5.74, 6) is 0. The van der Waals surface area contributed by atoms with Crippen LogP contribution in [0.25, 0.3) is 33.1 Å². The van der Waals surface area contributed by atoms with Crippen molar-refractivity contribution in [2.24, 2.45) is 0 Å². The number of pyridine rings is 1. The normalized spacial score (nSPS) is 15.6. The monoisotopic (exact) mass is 357 g/mol. The summed E-state index contributed by atoms with van der Waals surface area (Å²) in [6.07, 6.45) is 3.97. The summed E-state index contributed by atoms with van der Waals surface area (Å²) in [5, 5.41) is 2.20. The first-order chi connectivity index (χ1) is 13.3. The number of hydrogen-bond acceptors (Lipinski definition) is 2. The fourth-order valence-electron chi connectivity index (χ4n) is 4.15. The molecule has 4 heteroatoms. The number of para-hydroxylation sites is 1. The van der Waals surface area contributed by atoms with E-state index in [9.17, 15) is 4.79 Å². The van der Waals surface area contributed by atoms with E-state index in [4.69, 9.17) is 0 Å². The summed E-state index contributed by atoms with van der Waals surface area (Å²) in [6, 6.07) is 18.5. The van der Waals surface area contributed by atoms with Crippen LogP contribution in [0.2, 0.25) is 0 Å². The number of likely N-dealkylation sites (tertiary alicyclic amines) is 1. The Hall–Kier alpha value is -2.85. The van der Waals surface area contributed by atoms with Crippen LogP contribution in [0.1, 0.15) is 24.8 Å². The Bertz CT molecular complexity index is 1170. The number of piperidine rings is 1. The van der Waals surface area contributed by atoms with Crippen molar-refractivity contribution in [3.8, 4) is 11.3 Å². The van der Waals surface area contributed by atoms with Gasteiger partial charge in [-0.15, -0.1) is 0 Å². The second-order valence-electron chi connectivity index (χ2n) is 7.54. The maximum absolute atomic E-state index is 12.6.